The van der Waals surface area contributed by atoms with Crippen LogP contribution in [0.4, 0.5) is 5.82 Å². The molecule has 0 aliphatic carbocycles. The van der Waals surface area contributed by atoms with Gasteiger partial charge in [0.05, 0.1) is 12.1 Å². The number of benzene rings is 1. The lowest BCUT2D eigenvalue weighted by atomic mass is 10.0. The van der Waals surface area contributed by atoms with Crippen LogP contribution in [0.2, 0.25) is 0 Å². The molecule has 1 aliphatic rings. The molecular formula is C21H22N4OS. The standard InChI is InChI=1S/C21H22N4OS/c26-21(24-14-18-7-4-12-27-18)17-8-9-20(23-13-17)25-11-10-22-19(15-25)16-5-2-1-3-6-16/h1-9,12-13,19,22H,10-11,14-15H2,(H,24,26)/t19-/m0/s1. The van der Waals surface area contributed by atoms with Crippen LogP contribution in [-0.4, -0.2) is 30.5 Å². The third-order valence-corrected chi connectivity index (χ3v) is 5.59. The van der Waals surface area contributed by atoms with E-state index in [9.17, 15) is 4.79 Å². The Bertz CT molecular complexity index is 865. The average molecular weight is 379 g/mol. The molecule has 3 heterocycles. The molecule has 27 heavy (non-hydrogen) atoms. The summed E-state index contributed by atoms with van der Waals surface area (Å²) in [6.45, 7) is 3.22. The smallest absolute Gasteiger partial charge is 0.253 e. The van der Waals surface area contributed by atoms with E-state index in [2.05, 4.69) is 44.8 Å². The second kappa shape index (κ2) is 8.33. The Morgan fingerprint density at radius 3 is 2.81 bits per heavy atom. The number of aromatic nitrogens is 1. The van der Waals surface area contributed by atoms with Crippen molar-refractivity contribution in [2.75, 3.05) is 24.5 Å². The Hall–Kier alpha value is -2.70. The molecule has 1 aliphatic heterocycles. The highest BCUT2D eigenvalue weighted by atomic mass is 32.1. The zero-order chi connectivity index (χ0) is 18.5. The number of nitrogens with one attached hydrogen (secondary N) is 2. The zero-order valence-electron chi connectivity index (χ0n) is 15.0. The summed E-state index contributed by atoms with van der Waals surface area (Å²) in [4.78, 5) is 20.2. The van der Waals surface area contributed by atoms with Gasteiger partial charge in [-0.1, -0.05) is 36.4 Å². The van der Waals surface area contributed by atoms with Crippen molar-refractivity contribution in [3.05, 3.63) is 82.2 Å². The van der Waals surface area contributed by atoms with E-state index in [0.29, 0.717) is 12.1 Å². The first-order valence-electron chi connectivity index (χ1n) is 9.09. The van der Waals surface area contributed by atoms with Gasteiger partial charge in [-0.2, -0.15) is 0 Å². The number of nitrogens with zero attached hydrogens (tertiary/aromatic N) is 2. The van der Waals surface area contributed by atoms with E-state index in [-0.39, 0.29) is 11.9 Å². The van der Waals surface area contributed by atoms with Gasteiger partial charge in [-0.05, 0) is 29.1 Å². The number of rotatable bonds is 5. The largest absolute Gasteiger partial charge is 0.353 e. The minimum absolute atomic E-state index is 0.0927. The van der Waals surface area contributed by atoms with Crippen LogP contribution >= 0.6 is 11.3 Å². The lowest BCUT2D eigenvalue weighted by molar-refractivity contribution is 0.0951. The molecule has 6 heteroatoms. The third-order valence-electron chi connectivity index (χ3n) is 4.71. The van der Waals surface area contributed by atoms with Crippen LogP contribution in [0.5, 0.6) is 0 Å². The van der Waals surface area contributed by atoms with Crippen molar-refractivity contribution < 1.29 is 4.79 Å². The van der Waals surface area contributed by atoms with E-state index in [1.165, 1.54) is 5.56 Å². The van der Waals surface area contributed by atoms with Crippen LogP contribution in [0.1, 0.15) is 26.8 Å². The van der Waals surface area contributed by atoms with E-state index in [1.807, 2.05) is 35.7 Å². The average Bonchev–Trinajstić information content (AvgIpc) is 3.27. The number of carbonyl (C=O) groups is 1. The fourth-order valence-electron chi connectivity index (χ4n) is 3.26. The van der Waals surface area contributed by atoms with Crippen LogP contribution < -0.4 is 15.5 Å². The second-order valence-corrected chi connectivity index (χ2v) is 7.56. The topological polar surface area (TPSA) is 57.3 Å². The number of thiophene rings is 1. The summed E-state index contributed by atoms with van der Waals surface area (Å²) in [5, 5.41) is 8.51. The molecule has 1 fully saturated rings. The first-order valence-corrected chi connectivity index (χ1v) is 9.97. The Morgan fingerprint density at radius 1 is 1.19 bits per heavy atom. The summed E-state index contributed by atoms with van der Waals surface area (Å²) in [5.74, 6) is 0.817. The summed E-state index contributed by atoms with van der Waals surface area (Å²) in [5.41, 5.74) is 1.87. The Kier molecular flexibility index (Phi) is 5.46. The lowest BCUT2D eigenvalue weighted by Crippen LogP contribution is -2.46. The fraction of sp³-hybridized carbons (Fsp3) is 0.238. The zero-order valence-corrected chi connectivity index (χ0v) is 15.8. The van der Waals surface area contributed by atoms with Gasteiger partial charge in [0, 0.05) is 36.8 Å². The minimum atomic E-state index is -0.0927. The van der Waals surface area contributed by atoms with Gasteiger partial charge in [-0.3, -0.25) is 4.79 Å². The predicted molar refractivity (Wildman–Crippen MR) is 109 cm³/mol. The van der Waals surface area contributed by atoms with E-state index < -0.39 is 0 Å². The van der Waals surface area contributed by atoms with Crippen molar-refractivity contribution in [3.63, 3.8) is 0 Å². The lowest BCUT2D eigenvalue weighted by Gasteiger charge is -2.34. The molecule has 3 aromatic rings. The first kappa shape index (κ1) is 17.7. The van der Waals surface area contributed by atoms with Crippen LogP contribution in [0, 0.1) is 0 Å². The maximum absolute atomic E-state index is 12.3. The van der Waals surface area contributed by atoms with Crippen molar-refractivity contribution in [3.8, 4) is 0 Å². The number of carbonyl (C=O) groups excluding carboxylic acids is 1. The summed E-state index contributed by atoms with van der Waals surface area (Å²) in [6, 6.07) is 18.5. The highest BCUT2D eigenvalue weighted by molar-refractivity contribution is 7.09. The number of hydrogen-bond donors (Lipinski definition) is 2. The van der Waals surface area contributed by atoms with Crippen molar-refractivity contribution in [2.45, 2.75) is 12.6 Å². The predicted octanol–water partition coefficient (Wildman–Crippen LogP) is 3.22. The van der Waals surface area contributed by atoms with E-state index in [1.54, 1.807) is 17.5 Å². The Labute approximate surface area is 163 Å². The normalized spacial score (nSPS) is 16.9. The molecular weight excluding hydrogens is 356 g/mol. The van der Waals surface area contributed by atoms with Crippen LogP contribution in [0.15, 0.2) is 66.2 Å². The molecule has 5 nitrogen and oxygen atoms in total. The molecule has 0 radical (unpaired) electrons. The molecule has 2 aromatic heterocycles. The quantitative estimate of drug-likeness (QED) is 0.716. The SMILES string of the molecule is O=C(NCc1cccs1)c1ccc(N2CCN[C@H](c3ccccc3)C2)nc1. The molecule has 138 valence electrons. The minimum Gasteiger partial charge on any atom is -0.353 e. The van der Waals surface area contributed by atoms with Crippen molar-refractivity contribution in [1.29, 1.82) is 0 Å². The van der Waals surface area contributed by atoms with Crippen LogP contribution in [-0.2, 0) is 6.54 Å². The molecule has 1 aromatic carbocycles. The summed E-state index contributed by atoms with van der Waals surface area (Å²) >= 11 is 1.64. The van der Waals surface area contributed by atoms with Gasteiger partial charge in [-0.25, -0.2) is 4.98 Å². The number of pyridine rings is 1. The molecule has 0 unspecified atom stereocenters. The third kappa shape index (κ3) is 4.35. The van der Waals surface area contributed by atoms with Gasteiger partial charge in [0.25, 0.3) is 5.91 Å². The highest BCUT2D eigenvalue weighted by Crippen LogP contribution is 2.21. The maximum atomic E-state index is 12.3. The molecule has 0 saturated carbocycles. The number of hydrogen-bond acceptors (Lipinski definition) is 5. The van der Waals surface area contributed by atoms with Crippen molar-refractivity contribution in [2.24, 2.45) is 0 Å². The summed E-state index contributed by atoms with van der Waals surface area (Å²) in [7, 11) is 0. The molecule has 0 bridgehead atoms. The van der Waals surface area contributed by atoms with Crippen LogP contribution in [0.3, 0.4) is 0 Å². The molecule has 2 N–H and O–H groups in total. The van der Waals surface area contributed by atoms with Gasteiger partial charge in [-0.15, -0.1) is 11.3 Å². The van der Waals surface area contributed by atoms with E-state index in [4.69, 9.17) is 0 Å². The number of piperazine rings is 1. The van der Waals surface area contributed by atoms with E-state index >= 15 is 0 Å². The molecule has 1 amide bonds. The molecule has 1 saturated heterocycles. The molecule has 0 spiro atoms. The van der Waals surface area contributed by atoms with Crippen LogP contribution in [0.25, 0.3) is 0 Å². The maximum Gasteiger partial charge on any atom is 0.253 e. The Balaban J connectivity index is 1.38. The number of amides is 1. The number of anilines is 1. The summed E-state index contributed by atoms with van der Waals surface area (Å²) < 4.78 is 0. The van der Waals surface area contributed by atoms with Gasteiger partial charge >= 0.3 is 0 Å². The second-order valence-electron chi connectivity index (χ2n) is 6.53. The molecule has 1 atom stereocenters. The van der Waals surface area contributed by atoms with Gasteiger partial charge in [0.1, 0.15) is 5.82 Å². The summed E-state index contributed by atoms with van der Waals surface area (Å²) in [6.07, 6.45) is 1.67. The first-order chi connectivity index (χ1) is 13.3. The highest BCUT2D eigenvalue weighted by Gasteiger charge is 2.21. The van der Waals surface area contributed by atoms with Gasteiger partial charge in [0.2, 0.25) is 0 Å². The van der Waals surface area contributed by atoms with E-state index in [0.717, 1.165) is 30.3 Å². The fourth-order valence-corrected chi connectivity index (χ4v) is 3.90. The van der Waals surface area contributed by atoms with Gasteiger partial charge < -0.3 is 15.5 Å². The molecule has 4 rings (SSSR count). The van der Waals surface area contributed by atoms with Gasteiger partial charge in [0.15, 0.2) is 0 Å². The van der Waals surface area contributed by atoms with Crippen molar-refractivity contribution >= 4 is 23.1 Å². The Morgan fingerprint density at radius 2 is 2.07 bits per heavy atom. The van der Waals surface area contributed by atoms with Crippen molar-refractivity contribution in [1.82, 2.24) is 15.6 Å². The monoisotopic (exact) mass is 378 g/mol.